The standard InChI is InChI=1S/C14H10O4/c1-8-10(15)7-13(18-14(8)16)12-6-9-4-2-3-5-11(9)17-12/h2-7,15H,1H3. The lowest BCUT2D eigenvalue weighted by Crippen LogP contribution is -2.03. The Kier molecular flexibility index (Phi) is 2.23. The van der Waals surface area contributed by atoms with Crippen LogP contribution < -0.4 is 5.63 Å². The van der Waals surface area contributed by atoms with Crippen LogP contribution in [0.4, 0.5) is 0 Å². The van der Waals surface area contributed by atoms with Crippen molar-refractivity contribution >= 4 is 11.0 Å². The number of furan rings is 1. The Labute approximate surface area is 102 Å². The molecule has 0 fully saturated rings. The van der Waals surface area contributed by atoms with E-state index in [2.05, 4.69) is 0 Å². The van der Waals surface area contributed by atoms with Gasteiger partial charge in [-0.3, -0.25) is 0 Å². The molecule has 0 saturated heterocycles. The molecular formula is C14H10O4. The molecule has 2 aromatic heterocycles. The first-order valence-corrected chi connectivity index (χ1v) is 5.48. The lowest BCUT2D eigenvalue weighted by molar-refractivity contribution is 0.440. The van der Waals surface area contributed by atoms with Gasteiger partial charge >= 0.3 is 5.63 Å². The Morgan fingerprint density at radius 1 is 1.06 bits per heavy atom. The third-order valence-electron chi connectivity index (χ3n) is 2.83. The Bertz CT molecular complexity index is 747. The molecule has 0 amide bonds. The number of benzene rings is 1. The molecule has 0 aliphatic rings. The van der Waals surface area contributed by atoms with Crippen LogP contribution in [-0.2, 0) is 0 Å². The molecule has 0 aliphatic carbocycles. The first kappa shape index (κ1) is 10.7. The normalized spacial score (nSPS) is 10.9. The second kappa shape index (κ2) is 3.77. The average Bonchev–Trinajstić information content (AvgIpc) is 2.79. The van der Waals surface area contributed by atoms with E-state index in [1.54, 1.807) is 6.07 Å². The van der Waals surface area contributed by atoms with E-state index in [1.165, 1.54) is 13.0 Å². The highest BCUT2D eigenvalue weighted by Gasteiger charge is 2.12. The van der Waals surface area contributed by atoms with Crippen LogP contribution in [0.3, 0.4) is 0 Å². The van der Waals surface area contributed by atoms with Crippen LogP contribution in [0.5, 0.6) is 5.75 Å². The lowest BCUT2D eigenvalue weighted by Gasteiger charge is -1.99. The van der Waals surface area contributed by atoms with Gasteiger partial charge in [0, 0.05) is 11.5 Å². The number of fused-ring (bicyclic) bond motifs is 1. The molecule has 18 heavy (non-hydrogen) atoms. The van der Waals surface area contributed by atoms with Crippen LogP contribution in [-0.4, -0.2) is 5.11 Å². The van der Waals surface area contributed by atoms with Crippen molar-refractivity contribution < 1.29 is 13.9 Å². The van der Waals surface area contributed by atoms with E-state index in [4.69, 9.17) is 8.83 Å². The number of hydrogen-bond acceptors (Lipinski definition) is 4. The molecule has 0 spiro atoms. The summed E-state index contributed by atoms with van der Waals surface area (Å²) >= 11 is 0. The second-order valence-corrected chi connectivity index (χ2v) is 4.06. The Balaban J connectivity index is 2.23. The van der Waals surface area contributed by atoms with Crippen LogP contribution >= 0.6 is 0 Å². The lowest BCUT2D eigenvalue weighted by atomic mass is 10.2. The van der Waals surface area contributed by atoms with E-state index in [1.807, 2.05) is 24.3 Å². The van der Waals surface area contributed by atoms with Gasteiger partial charge in [-0.15, -0.1) is 0 Å². The number of hydrogen-bond donors (Lipinski definition) is 1. The van der Waals surface area contributed by atoms with Gasteiger partial charge in [-0.1, -0.05) is 18.2 Å². The van der Waals surface area contributed by atoms with Crippen molar-refractivity contribution in [2.45, 2.75) is 6.92 Å². The smallest absolute Gasteiger partial charge is 0.343 e. The summed E-state index contributed by atoms with van der Waals surface area (Å²) in [5.41, 5.74) is 0.329. The van der Waals surface area contributed by atoms with Gasteiger partial charge in [-0.25, -0.2) is 4.79 Å². The predicted molar refractivity (Wildman–Crippen MR) is 66.6 cm³/mol. The highest BCUT2D eigenvalue weighted by molar-refractivity contribution is 5.81. The predicted octanol–water partition coefficient (Wildman–Crippen LogP) is 3.07. The summed E-state index contributed by atoms with van der Waals surface area (Å²) in [6, 6.07) is 10.6. The topological polar surface area (TPSA) is 63.6 Å². The van der Waals surface area contributed by atoms with Crippen molar-refractivity contribution in [1.82, 2.24) is 0 Å². The maximum atomic E-state index is 11.5. The fraction of sp³-hybridized carbons (Fsp3) is 0.0714. The summed E-state index contributed by atoms with van der Waals surface area (Å²) < 4.78 is 10.7. The first-order chi connectivity index (χ1) is 8.65. The number of rotatable bonds is 1. The summed E-state index contributed by atoms with van der Waals surface area (Å²) in [6.07, 6.45) is 0. The van der Waals surface area contributed by atoms with Crippen molar-refractivity contribution in [2.24, 2.45) is 0 Å². The molecule has 4 heteroatoms. The molecule has 0 aliphatic heterocycles. The summed E-state index contributed by atoms with van der Waals surface area (Å²) in [7, 11) is 0. The minimum absolute atomic E-state index is 0.0956. The summed E-state index contributed by atoms with van der Waals surface area (Å²) in [4.78, 5) is 11.5. The van der Waals surface area contributed by atoms with E-state index in [0.29, 0.717) is 11.3 Å². The number of para-hydroxylation sites is 1. The van der Waals surface area contributed by atoms with E-state index in [-0.39, 0.29) is 17.1 Å². The molecule has 4 nitrogen and oxygen atoms in total. The van der Waals surface area contributed by atoms with Crippen molar-refractivity contribution in [1.29, 1.82) is 0 Å². The quantitative estimate of drug-likeness (QED) is 0.712. The molecule has 3 rings (SSSR count). The van der Waals surface area contributed by atoms with Crippen LogP contribution in [0.1, 0.15) is 5.56 Å². The van der Waals surface area contributed by atoms with E-state index in [0.717, 1.165) is 5.39 Å². The van der Waals surface area contributed by atoms with Crippen LogP contribution in [0.25, 0.3) is 22.5 Å². The maximum Gasteiger partial charge on any atom is 0.343 e. The highest BCUT2D eigenvalue weighted by Crippen LogP contribution is 2.29. The molecule has 0 saturated carbocycles. The monoisotopic (exact) mass is 242 g/mol. The Hall–Kier alpha value is -2.49. The zero-order valence-corrected chi connectivity index (χ0v) is 9.64. The Morgan fingerprint density at radius 3 is 2.50 bits per heavy atom. The van der Waals surface area contributed by atoms with Crippen LogP contribution in [0.2, 0.25) is 0 Å². The molecule has 0 atom stereocenters. The van der Waals surface area contributed by atoms with Crippen LogP contribution in [0.15, 0.2) is 50.0 Å². The first-order valence-electron chi connectivity index (χ1n) is 5.48. The zero-order chi connectivity index (χ0) is 12.7. The second-order valence-electron chi connectivity index (χ2n) is 4.06. The third kappa shape index (κ3) is 1.59. The van der Waals surface area contributed by atoms with E-state index >= 15 is 0 Å². The largest absolute Gasteiger partial charge is 0.507 e. The van der Waals surface area contributed by atoms with Gasteiger partial charge in [-0.05, 0) is 19.1 Å². The minimum Gasteiger partial charge on any atom is -0.507 e. The van der Waals surface area contributed by atoms with Crippen molar-refractivity contribution in [3.05, 3.63) is 52.4 Å². The summed E-state index contributed by atoms with van der Waals surface area (Å²) in [5.74, 6) is 0.546. The summed E-state index contributed by atoms with van der Waals surface area (Å²) in [6.45, 7) is 1.50. The highest BCUT2D eigenvalue weighted by atomic mass is 16.4. The number of aromatic hydroxyl groups is 1. The van der Waals surface area contributed by atoms with Gasteiger partial charge in [-0.2, -0.15) is 0 Å². The van der Waals surface area contributed by atoms with Gasteiger partial charge in [0.1, 0.15) is 11.3 Å². The van der Waals surface area contributed by atoms with E-state index in [9.17, 15) is 9.90 Å². The fourth-order valence-electron chi connectivity index (χ4n) is 1.77. The molecule has 90 valence electrons. The fourth-order valence-corrected chi connectivity index (χ4v) is 1.77. The van der Waals surface area contributed by atoms with Gasteiger partial charge in [0.15, 0.2) is 11.5 Å². The molecule has 1 N–H and O–H groups in total. The summed E-state index contributed by atoms with van der Waals surface area (Å²) in [5, 5.41) is 10.5. The molecule has 0 bridgehead atoms. The molecule has 0 radical (unpaired) electrons. The van der Waals surface area contributed by atoms with Crippen molar-refractivity contribution in [3.8, 4) is 17.3 Å². The van der Waals surface area contributed by atoms with Gasteiger partial charge in [0.2, 0.25) is 0 Å². The molecule has 3 aromatic rings. The zero-order valence-electron chi connectivity index (χ0n) is 9.64. The van der Waals surface area contributed by atoms with Crippen LogP contribution in [0, 0.1) is 6.92 Å². The Morgan fingerprint density at radius 2 is 1.78 bits per heavy atom. The van der Waals surface area contributed by atoms with Crippen molar-refractivity contribution in [2.75, 3.05) is 0 Å². The van der Waals surface area contributed by atoms with Gasteiger partial charge in [0.25, 0.3) is 0 Å². The average molecular weight is 242 g/mol. The van der Waals surface area contributed by atoms with Crippen molar-refractivity contribution in [3.63, 3.8) is 0 Å². The minimum atomic E-state index is -0.564. The SMILES string of the molecule is Cc1c(O)cc(-c2cc3ccccc3o2)oc1=O. The van der Waals surface area contributed by atoms with E-state index < -0.39 is 5.63 Å². The molecule has 2 heterocycles. The maximum absolute atomic E-state index is 11.5. The third-order valence-corrected chi connectivity index (χ3v) is 2.83. The molecule has 1 aromatic carbocycles. The molecular weight excluding hydrogens is 232 g/mol. The van der Waals surface area contributed by atoms with Gasteiger partial charge in [0.05, 0.1) is 5.56 Å². The van der Waals surface area contributed by atoms with Gasteiger partial charge < -0.3 is 13.9 Å². The molecule has 0 unspecified atom stereocenters.